The van der Waals surface area contributed by atoms with Crippen LogP contribution in [0.1, 0.15) is 0 Å². The molecule has 10 heavy (non-hydrogen) atoms. The molecule has 0 aromatic carbocycles. The number of methoxy groups -OCH3 is 1. The summed E-state index contributed by atoms with van der Waals surface area (Å²) in [7, 11) is 5.81. The van der Waals surface area contributed by atoms with E-state index in [1.807, 2.05) is 26.5 Å². The fraction of sp³-hybridized carbons (Fsp3) is 0.714. The van der Waals surface area contributed by atoms with Gasteiger partial charge in [-0.3, -0.25) is 0 Å². The third kappa shape index (κ3) is 1.24. The summed E-state index contributed by atoms with van der Waals surface area (Å²) in [6.45, 7) is 0.750. The number of hydrogen-bond donors (Lipinski definition) is 0. The molecule has 3 heteroatoms. The molecule has 0 amide bonds. The van der Waals surface area contributed by atoms with Gasteiger partial charge in [-0.2, -0.15) is 0 Å². The summed E-state index contributed by atoms with van der Waals surface area (Å²) >= 11 is 0. The minimum Gasteiger partial charge on any atom is -0.381 e. The van der Waals surface area contributed by atoms with Crippen LogP contribution in [0, 0.1) is 0 Å². The lowest BCUT2D eigenvalue weighted by Crippen LogP contribution is -2.37. The van der Waals surface area contributed by atoms with Gasteiger partial charge in [0.2, 0.25) is 0 Å². The number of hydrogen-bond acceptors (Lipinski definition) is 3. The minimum absolute atomic E-state index is 0.380. The van der Waals surface area contributed by atoms with Crippen molar-refractivity contribution in [3.63, 3.8) is 0 Å². The predicted octanol–water partition coefficient (Wildman–Crippen LogP) is 0.307. The van der Waals surface area contributed by atoms with Crippen LogP contribution in [-0.4, -0.2) is 43.8 Å². The van der Waals surface area contributed by atoms with Crippen LogP contribution in [0.25, 0.3) is 0 Å². The molecule has 0 unspecified atom stereocenters. The van der Waals surface area contributed by atoms with Crippen LogP contribution >= 0.6 is 0 Å². The van der Waals surface area contributed by atoms with Crippen LogP contribution in [0.2, 0.25) is 0 Å². The van der Waals surface area contributed by atoms with E-state index in [1.165, 1.54) is 0 Å². The average molecular weight is 142 g/mol. The molecule has 0 spiro atoms. The Morgan fingerprint density at radius 2 is 1.80 bits per heavy atom. The van der Waals surface area contributed by atoms with Gasteiger partial charge in [-0.05, 0) is 0 Å². The van der Waals surface area contributed by atoms with E-state index in [9.17, 15) is 0 Å². The maximum absolute atomic E-state index is 5.04. The van der Waals surface area contributed by atoms with E-state index in [0.717, 1.165) is 6.61 Å². The molecule has 3 nitrogen and oxygen atoms in total. The Morgan fingerprint density at radius 3 is 2.20 bits per heavy atom. The topological polar surface area (TPSA) is 15.7 Å². The number of nitrogens with zero attached hydrogens (tertiary/aromatic N) is 2. The summed E-state index contributed by atoms with van der Waals surface area (Å²) in [5.74, 6) is 0. The van der Waals surface area contributed by atoms with E-state index in [4.69, 9.17) is 4.74 Å². The Labute approximate surface area is 61.9 Å². The first-order valence-electron chi connectivity index (χ1n) is 3.37. The van der Waals surface area contributed by atoms with Gasteiger partial charge in [0.05, 0.1) is 6.61 Å². The molecule has 0 bridgehead atoms. The van der Waals surface area contributed by atoms with E-state index < -0.39 is 0 Å². The maximum atomic E-state index is 5.04. The molecule has 1 aliphatic rings. The van der Waals surface area contributed by atoms with Crippen LogP contribution in [0.5, 0.6) is 0 Å². The van der Waals surface area contributed by atoms with Crippen molar-refractivity contribution in [3.8, 4) is 0 Å². The largest absolute Gasteiger partial charge is 0.381 e. The first-order chi connectivity index (χ1) is 4.75. The Bertz CT molecular complexity index is 124. The molecular weight excluding hydrogens is 128 g/mol. The lowest BCUT2D eigenvalue weighted by atomic mass is 10.5. The van der Waals surface area contributed by atoms with Crippen molar-refractivity contribution in [2.75, 3.05) is 27.8 Å². The lowest BCUT2D eigenvalue weighted by Gasteiger charge is -2.26. The smallest absolute Gasteiger partial charge is 0.124 e. The van der Waals surface area contributed by atoms with Crippen molar-refractivity contribution in [3.05, 3.63) is 12.4 Å². The summed E-state index contributed by atoms with van der Waals surface area (Å²) in [4.78, 5) is 4.26. The summed E-state index contributed by atoms with van der Waals surface area (Å²) in [6.07, 6.45) is 4.47. The first kappa shape index (κ1) is 7.41. The van der Waals surface area contributed by atoms with E-state index >= 15 is 0 Å². The highest BCUT2D eigenvalue weighted by Gasteiger charge is 2.19. The van der Waals surface area contributed by atoms with Gasteiger partial charge in [-0.25, -0.2) is 0 Å². The summed E-state index contributed by atoms with van der Waals surface area (Å²) < 4.78 is 5.04. The van der Waals surface area contributed by atoms with E-state index in [1.54, 1.807) is 7.11 Å². The SMILES string of the molecule is COCC1N(C)C=CN1C. The number of ether oxygens (including phenoxy) is 1. The van der Waals surface area contributed by atoms with Gasteiger partial charge >= 0.3 is 0 Å². The van der Waals surface area contributed by atoms with Gasteiger partial charge in [-0.15, -0.1) is 0 Å². The van der Waals surface area contributed by atoms with E-state index in [0.29, 0.717) is 6.17 Å². The zero-order valence-corrected chi connectivity index (χ0v) is 6.74. The van der Waals surface area contributed by atoms with Gasteiger partial charge in [0.1, 0.15) is 6.17 Å². The maximum Gasteiger partial charge on any atom is 0.124 e. The zero-order chi connectivity index (χ0) is 7.56. The Hall–Kier alpha value is -0.700. The zero-order valence-electron chi connectivity index (χ0n) is 6.74. The van der Waals surface area contributed by atoms with Crippen molar-refractivity contribution >= 4 is 0 Å². The third-order valence-electron chi connectivity index (χ3n) is 1.79. The second-order valence-corrected chi connectivity index (χ2v) is 2.57. The molecular formula is C7H14N2O. The molecule has 58 valence electrons. The van der Waals surface area contributed by atoms with Gasteiger partial charge in [0.25, 0.3) is 0 Å². The minimum atomic E-state index is 0.380. The molecule has 0 atom stereocenters. The molecule has 1 rings (SSSR count). The van der Waals surface area contributed by atoms with Gasteiger partial charge in [0, 0.05) is 33.6 Å². The molecule has 0 aromatic rings. The van der Waals surface area contributed by atoms with Gasteiger partial charge in [0.15, 0.2) is 0 Å². The average Bonchev–Trinajstić information content (AvgIpc) is 2.20. The van der Waals surface area contributed by atoms with E-state index in [-0.39, 0.29) is 0 Å². The molecule has 0 aliphatic carbocycles. The van der Waals surface area contributed by atoms with Crippen molar-refractivity contribution < 1.29 is 4.74 Å². The summed E-state index contributed by atoms with van der Waals surface area (Å²) in [6, 6.07) is 0. The number of rotatable bonds is 2. The fourth-order valence-electron chi connectivity index (χ4n) is 1.08. The van der Waals surface area contributed by atoms with Gasteiger partial charge in [-0.1, -0.05) is 0 Å². The molecule has 0 saturated carbocycles. The summed E-state index contributed by atoms with van der Waals surface area (Å²) in [5.41, 5.74) is 0. The van der Waals surface area contributed by atoms with E-state index in [2.05, 4.69) is 9.80 Å². The molecule has 0 fully saturated rings. The van der Waals surface area contributed by atoms with Crippen LogP contribution < -0.4 is 0 Å². The van der Waals surface area contributed by atoms with Crippen LogP contribution in [0.4, 0.5) is 0 Å². The lowest BCUT2D eigenvalue weighted by molar-refractivity contribution is 0.0780. The Morgan fingerprint density at radius 1 is 1.30 bits per heavy atom. The molecule has 0 aromatic heterocycles. The van der Waals surface area contributed by atoms with Crippen LogP contribution in [0.3, 0.4) is 0 Å². The van der Waals surface area contributed by atoms with Gasteiger partial charge < -0.3 is 14.5 Å². The summed E-state index contributed by atoms with van der Waals surface area (Å²) in [5, 5.41) is 0. The quantitative estimate of drug-likeness (QED) is 0.552. The highest BCUT2D eigenvalue weighted by Crippen LogP contribution is 2.10. The standard InChI is InChI=1S/C7H14N2O/c1-8-4-5-9(2)7(8)6-10-3/h4-5,7H,6H2,1-3H3. The molecule has 0 N–H and O–H groups in total. The first-order valence-corrected chi connectivity index (χ1v) is 3.37. The molecule has 0 saturated heterocycles. The van der Waals surface area contributed by atoms with Crippen molar-refractivity contribution in [2.24, 2.45) is 0 Å². The van der Waals surface area contributed by atoms with Crippen LogP contribution in [0.15, 0.2) is 12.4 Å². The monoisotopic (exact) mass is 142 g/mol. The van der Waals surface area contributed by atoms with Crippen LogP contribution in [-0.2, 0) is 4.74 Å². The highest BCUT2D eigenvalue weighted by atomic mass is 16.5. The van der Waals surface area contributed by atoms with Crippen molar-refractivity contribution in [1.82, 2.24) is 9.80 Å². The van der Waals surface area contributed by atoms with Crippen molar-refractivity contribution in [1.29, 1.82) is 0 Å². The molecule has 1 heterocycles. The fourth-order valence-corrected chi connectivity index (χ4v) is 1.08. The Balaban J connectivity index is 2.43. The second kappa shape index (κ2) is 2.92. The second-order valence-electron chi connectivity index (χ2n) is 2.57. The number of likely N-dealkylation sites (N-methyl/N-ethyl adjacent to an activating group) is 2. The third-order valence-corrected chi connectivity index (χ3v) is 1.79. The Kier molecular flexibility index (Phi) is 2.17. The molecule has 0 radical (unpaired) electrons. The molecule has 1 aliphatic heterocycles. The highest BCUT2D eigenvalue weighted by molar-refractivity contribution is 4.93. The normalized spacial score (nSPS) is 19.1. The predicted molar refractivity (Wildman–Crippen MR) is 40.3 cm³/mol. The van der Waals surface area contributed by atoms with Crippen molar-refractivity contribution in [2.45, 2.75) is 6.17 Å².